The van der Waals surface area contributed by atoms with Gasteiger partial charge in [-0.2, -0.15) is 0 Å². The summed E-state index contributed by atoms with van der Waals surface area (Å²) in [6.45, 7) is 0. The maximum Gasteiger partial charge on any atom is 0.266 e. The van der Waals surface area contributed by atoms with E-state index in [0.717, 1.165) is 9.78 Å². The summed E-state index contributed by atoms with van der Waals surface area (Å²) in [5, 5.41) is 14.0. The summed E-state index contributed by atoms with van der Waals surface area (Å²) in [6.07, 6.45) is 0. The number of rotatable bonds is 4. The van der Waals surface area contributed by atoms with Gasteiger partial charge in [0, 0.05) is 5.56 Å². The van der Waals surface area contributed by atoms with Crippen LogP contribution in [0.3, 0.4) is 0 Å². The van der Waals surface area contributed by atoms with Crippen LogP contribution in [0.1, 0.15) is 31.1 Å². The Bertz CT molecular complexity index is 1350. The molecule has 5 rings (SSSR count). The molecule has 4 aromatic rings. The van der Waals surface area contributed by atoms with Crippen molar-refractivity contribution in [3.8, 4) is 9.88 Å². The summed E-state index contributed by atoms with van der Waals surface area (Å²) in [5.41, 5.74) is 0.900. The smallest absolute Gasteiger partial charge is 0.266 e. The molecule has 0 unspecified atom stereocenters. The van der Waals surface area contributed by atoms with Crippen molar-refractivity contribution in [2.75, 3.05) is 10.2 Å². The second kappa shape index (κ2) is 7.69. The molecule has 0 saturated heterocycles. The van der Waals surface area contributed by atoms with E-state index in [2.05, 4.69) is 15.5 Å². The Kier molecular flexibility index (Phi) is 4.85. The molecule has 3 heterocycles. The molecule has 152 valence electrons. The quantitative estimate of drug-likeness (QED) is 0.428. The van der Waals surface area contributed by atoms with E-state index in [-0.39, 0.29) is 21.7 Å². The number of anilines is 2. The fourth-order valence-electron chi connectivity index (χ4n) is 3.18. The first kappa shape index (κ1) is 19.6. The minimum absolute atomic E-state index is 0.147. The zero-order chi connectivity index (χ0) is 21.5. The van der Waals surface area contributed by atoms with Crippen LogP contribution in [0.25, 0.3) is 9.88 Å². The first-order valence-corrected chi connectivity index (χ1v) is 11.1. The highest BCUT2D eigenvalue weighted by atomic mass is 35.5. The molecule has 0 bridgehead atoms. The summed E-state index contributed by atoms with van der Waals surface area (Å²) in [7, 11) is 0. The van der Waals surface area contributed by atoms with Gasteiger partial charge in [-0.15, -0.1) is 21.5 Å². The SMILES string of the molecule is O=C(Nc1nnc(-c2cccs2)s1)c1ccc2c(c1)C(=O)N(c1ccccc1Cl)C2=O. The summed E-state index contributed by atoms with van der Waals surface area (Å²) in [5.74, 6) is -1.46. The molecule has 1 N–H and O–H groups in total. The van der Waals surface area contributed by atoms with Gasteiger partial charge >= 0.3 is 0 Å². The topological polar surface area (TPSA) is 92.3 Å². The van der Waals surface area contributed by atoms with Crippen LogP contribution in [-0.4, -0.2) is 27.9 Å². The summed E-state index contributed by atoms with van der Waals surface area (Å²) < 4.78 is 0. The van der Waals surface area contributed by atoms with E-state index in [0.29, 0.717) is 15.8 Å². The zero-order valence-corrected chi connectivity index (χ0v) is 17.9. The predicted molar refractivity (Wildman–Crippen MR) is 120 cm³/mol. The van der Waals surface area contributed by atoms with E-state index >= 15 is 0 Å². The van der Waals surface area contributed by atoms with E-state index in [9.17, 15) is 14.4 Å². The molecule has 1 aliphatic heterocycles. The third-order valence-corrected chi connectivity index (χ3v) is 6.82. The average molecular weight is 467 g/mol. The van der Waals surface area contributed by atoms with Crippen LogP contribution in [0.5, 0.6) is 0 Å². The van der Waals surface area contributed by atoms with Crippen molar-refractivity contribution in [2.45, 2.75) is 0 Å². The lowest BCUT2D eigenvalue weighted by molar-refractivity contribution is 0.0925. The molecule has 10 heteroatoms. The third kappa shape index (κ3) is 3.42. The van der Waals surface area contributed by atoms with Crippen molar-refractivity contribution in [2.24, 2.45) is 0 Å². The molecule has 2 aromatic heterocycles. The van der Waals surface area contributed by atoms with Crippen LogP contribution in [0.2, 0.25) is 5.02 Å². The van der Waals surface area contributed by atoms with Crippen molar-refractivity contribution < 1.29 is 14.4 Å². The van der Waals surface area contributed by atoms with E-state index in [1.165, 1.54) is 40.9 Å². The number of fused-ring (bicyclic) bond motifs is 1. The molecule has 1 aliphatic rings. The molecule has 0 spiro atoms. The molecular formula is C21H11ClN4O3S2. The van der Waals surface area contributed by atoms with Crippen molar-refractivity contribution >= 4 is 62.8 Å². The number of para-hydroxylation sites is 1. The highest BCUT2D eigenvalue weighted by Crippen LogP contribution is 2.34. The number of nitrogens with zero attached hydrogens (tertiary/aromatic N) is 3. The van der Waals surface area contributed by atoms with Crippen LogP contribution < -0.4 is 10.2 Å². The number of carbonyl (C=O) groups is 3. The Morgan fingerprint density at radius 3 is 2.55 bits per heavy atom. The van der Waals surface area contributed by atoms with Crippen molar-refractivity contribution in [1.29, 1.82) is 0 Å². The highest BCUT2D eigenvalue weighted by Gasteiger charge is 2.38. The number of thiophene rings is 1. The molecule has 2 aromatic carbocycles. The van der Waals surface area contributed by atoms with E-state index < -0.39 is 17.7 Å². The molecule has 31 heavy (non-hydrogen) atoms. The standard InChI is InChI=1S/C21H11ClN4O3S2/c22-14-4-1-2-5-15(14)26-19(28)12-8-7-11(10-13(12)20(26)29)17(27)23-21-25-24-18(31-21)16-6-3-9-30-16/h1-10H,(H,23,25,27). The highest BCUT2D eigenvalue weighted by molar-refractivity contribution is 7.23. The van der Waals surface area contributed by atoms with E-state index in [1.807, 2.05) is 17.5 Å². The van der Waals surface area contributed by atoms with Crippen LogP contribution in [0.15, 0.2) is 60.0 Å². The van der Waals surface area contributed by atoms with E-state index in [1.54, 1.807) is 24.3 Å². The van der Waals surface area contributed by atoms with Crippen LogP contribution in [0, 0.1) is 0 Å². The Hall–Kier alpha value is -3.40. The monoisotopic (exact) mass is 466 g/mol. The lowest BCUT2D eigenvalue weighted by Gasteiger charge is -2.15. The minimum Gasteiger partial charge on any atom is -0.296 e. The van der Waals surface area contributed by atoms with Crippen molar-refractivity contribution in [1.82, 2.24) is 10.2 Å². The number of carbonyl (C=O) groups excluding carboxylic acids is 3. The fraction of sp³-hybridized carbons (Fsp3) is 0. The van der Waals surface area contributed by atoms with E-state index in [4.69, 9.17) is 11.6 Å². The predicted octanol–water partition coefficient (Wildman–Crippen LogP) is 4.97. The Labute approximate surface area is 188 Å². The second-order valence-corrected chi connectivity index (χ2v) is 8.83. The summed E-state index contributed by atoms with van der Waals surface area (Å²) in [6, 6.07) is 14.8. The molecule has 3 amide bonds. The van der Waals surface area contributed by atoms with Gasteiger partial charge in [0.1, 0.15) is 0 Å². The summed E-state index contributed by atoms with van der Waals surface area (Å²) >= 11 is 8.95. The number of aromatic nitrogens is 2. The maximum absolute atomic E-state index is 12.9. The lowest BCUT2D eigenvalue weighted by atomic mass is 10.1. The van der Waals surface area contributed by atoms with Crippen molar-refractivity contribution in [3.05, 3.63) is 81.7 Å². The lowest BCUT2D eigenvalue weighted by Crippen LogP contribution is -2.29. The second-order valence-electron chi connectivity index (χ2n) is 6.50. The number of nitrogens with one attached hydrogen (secondary N) is 1. The maximum atomic E-state index is 12.9. The molecule has 0 fully saturated rings. The summed E-state index contributed by atoms with van der Waals surface area (Å²) in [4.78, 5) is 40.4. The number of imide groups is 1. The first-order valence-electron chi connectivity index (χ1n) is 8.99. The number of benzene rings is 2. The van der Waals surface area contributed by atoms with Gasteiger partial charge in [0.2, 0.25) is 5.13 Å². The molecule has 0 saturated carbocycles. The Morgan fingerprint density at radius 2 is 1.77 bits per heavy atom. The normalized spacial score (nSPS) is 12.9. The minimum atomic E-state index is -0.529. The van der Waals surface area contributed by atoms with Gasteiger partial charge in [0.05, 0.1) is 26.7 Å². The molecule has 7 nitrogen and oxygen atoms in total. The third-order valence-electron chi connectivity index (χ3n) is 4.62. The van der Waals surface area contributed by atoms with Gasteiger partial charge in [0.15, 0.2) is 5.01 Å². The molecule has 0 aliphatic carbocycles. The van der Waals surface area contributed by atoms with Crippen LogP contribution in [0.4, 0.5) is 10.8 Å². The Morgan fingerprint density at radius 1 is 0.968 bits per heavy atom. The fourth-order valence-corrected chi connectivity index (χ4v) is 4.93. The zero-order valence-electron chi connectivity index (χ0n) is 15.5. The van der Waals surface area contributed by atoms with Crippen LogP contribution in [-0.2, 0) is 0 Å². The van der Waals surface area contributed by atoms with Gasteiger partial charge in [-0.25, -0.2) is 4.90 Å². The Balaban J connectivity index is 1.40. The van der Waals surface area contributed by atoms with Crippen LogP contribution >= 0.6 is 34.3 Å². The van der Waals surface area contributed by atoms with Gasteiger partial charge in [-0.1, -0.05) is 41.1 Å². The van der Waals surface area contributed by atoms with Crippen molar-refractivity contribution in [3.63, 3.8) is 0 Å². The number of amides is 3. The largest absolute Gasteiger partial charge is 0.296 e. The average Bonchev–Trinajstić information content (AvgIpc) is 3.50. The van der Waals surface area contributed by atoms with Gasteiger partial charge in [-0.05, 0) is 41.8 Å². The first-order chi connectivity index (χ1) is 15.0. The molecular weight excluding hydrogens is 456 g/mol. The van der Waals surface area contributed by atoms with Gasteiger partial charge < -0.3 is 0 Å². The van der Waals surface area contributed by atoms with Gasteiger partial charge in [-0.3, -0.25) is 19.7 Å². The van der Waals surface area contributed by atoms with Gasteiger partial charge in [0.25, 0.3) is 17.7 Å². The number of hydrogen-bond acceptors (Lipinski definition) is 7. The number of halogens is 1. The molecule has 0 radical (unpaired) electrons. The molecule has 0 atom stereocenters. The number of hydrogen-bond donors (Lipinski definition) is 1.